The van der Waals surface area contributed by atoms with Crippen LogP contribution in [0.3, 0.4) is 0 Å². The summed E-state index contributed by atoms with van der Waals surface area (Å²) in [6, 6.07) is 6.63. The molecule has 3 fully saturated rings. The van der Waals surface area contributed by atoms with Crippen LogP contribution in [0.4, 0.5) is 0 Å². The lowest BCUT2D eigenvalue weighted by Crippen LogP contribution is -2.62. The molecule has 0 aliphatic carbocycles. The van der Waals surface area contributed by atoms with Crippen molar-refractivity contribution in [3.63, 3.8) is 0 Å². The lowest BCUT2D eigenvalue weighted by Gasteiger charge is -2.44. The normalized spacial score (nSPS) is 26.5. The van der Waals surface area contributed by atoms with Gasteiger partial charge in [-0.25, -0.2) is 0 Å². The van der Waals surface area contributed by atoms with Gasteiger partial charge >= 0.3 is 5.97 Å². The number of methoxy groups -OCH3 is 1. The summed E-state index contributed by atoms with van der Waals surface area (Å²) in [7, 11) is 1.50. The van der Waals surface area contributed by atoms with Crippen LogP contribution in [0.5, 0.6) is 0 Å². The minimum atomic E-state index is -1.28. The minimum absolute atomic E-state index is 0.0619. The van der Waals surface area contributed by atoms with Crippen molar-refractivity contribution in [2.24, 2.45) is 17.8 Å². The number of benzene rings is 1. The van der Waals surface area contributed by atoms with Gasteiger partial charge in [-0.1, -0.05) is 56.3 Å². The second-order valence-electron chi connectivity index (χ2n) is 14.4. The lowest BCUT2D eigenvalue weighted by molar-refractivity contribution is -0.164. The van der Waals surface area contributed by atoms with E-state index in [9.17, 15) is 24.3 Å². The molecular weight excluding hydrogens is 614 g/mol. The number of esters is 1. The third kappa shape index (κ3) is 7.09. The molecule has 0 unspecified atom stereocenters. The van der Waals surface area contributed by atoms with Gasteiger partial charge in [0.25, 0.3) is 0 Å². The molecule has 3 heterocycles. The van der Waals surface area contributed by atoms with Gasteiger partial charge < -0.3 is 34.4 Å². The molecule has 264 valence electrons. The summed E-state index contributed by atoms with van der Waals surface area (Å²) in [5, 5.41) is 13.5. The molecule has 2 bridgehead atoms. The number of rotatable bonds is 16. The smallest absolute Gasteiger partial charge is 0.313 e. The van der Waals surface area contributed by atoms with Gasteiger partial charge in [0.1, 0.15) is 17.7 Å². The highest BCUT2D eigenvalue weighted by Gasteiger charge is 2.76. The highest BCUT2D eigenvalue weighted by Crippen LogP contribution is 2.59. The number of carbonyl (C=O) groups is 4. The number of fused-ring (bicyclic) bond motifs is 1. The Labute approximate surface area is 284 Å². The molecule has 11 heteroatoms. The van der Waals surface area contributed by atoms with Crippen molar-refractivity contribution in [2.75, 3.05) is 26.9 Å². The van der Waals surface area contributed by atoms with Crippen molar-refractivity contribution in [3.05, 3.63) is 61.2 Å². The molecule has 3 aliphatic rings. The molecular formula is C37H53N3O8. The number of ether oxygens (including phenoxy) is 3. The molecule has 4 rings (SSSR count). The first-order valence-electron chi connectivity index (χ1n) is 16.9. The fraction of sp³-hybridized carbons (Fsp3) is 0.622. The third-order valence-corrected chi connectivity index (χ3v) is 9.95. The Hall–Kier alpha value is -3.54. The van der Waals surface area contributed by atoms with Crippen molar-refractivity contribution in [1.29, 1.82) is 0 Å². The summed E-state index contributed by atoms with van der Waals surface area (Å²) in [6.07, 6.45) is 3.28. The van der Waals surface area contributed by atoms with E-state index in [0.29, 0.717) is 24.8 Å². The van der Waals surface area contributed by atoms with E-state index in [1.165, 1.54) is 12.0 Å². The maximum Gasteiger partial charge on any atom is 0.313 e. The number of amides is 3. The number of nitrogens with one attached hydrogen (secondary N) is 1. The van der Waals surface area contributed by atoms with Gasteiger partial charge in [-0.05, 0) is 51.5 Å². The van der Waals surface area contributed by atoms with Crippen molar-refractivity contribution >= 4 is 23.7 Å². The van der Waals surface area contributed by atoms with Crippen LogP contribution in [0.1, 0.15) is 72.0 Å². The molecule has 1 aromatic rings. The van der Waals surface area contributed by atoms with Crippen LogP contribution >= 0.6 is 0 Å². The number of aliphatic hydroxyl groups is 1. The molecule has 3 aliphatic heterocycles. The fourth-order valence-corrected chi connectivity index (χ4v) is 7.71. The van der Waals surface area contributed by atoms with Crippen LogP contribution in [0, 0.1) is 17.8 Å². The summed E-state index contributed by atoms with van der Waals surface area (Å²) < 4.78 is 18.4. The largest absolute Gasteiger partial charge is 0.455 e. The van der Waals surface area contributed by atoms with Gasteiger partial charge in [-0.15, -0.1) is 13.2 Å². The van der Waals surface area contributed by atoms with E-state index >= 15 is 0 Å². The number of nitrogens with zero attached hydrogens (tertiary/aromatic N) is 2. The van der Waals surface area contributed by atoms with Gasteiger partial charge in [0.15, 0.2) is 0 Å². The second kappa shape index (κ2) is 15.3. The SMILES string of the molecule is C=CCCC(=O)N[C@H](COC)[C@H](OC(=O)[C@@H]1[C@@H]2CC[C@]3(O2)[C@H](C(=O)N(CC=C)C(C)(C)C)N([C@@H](CO)C(C)C)C(=O)[C@@H]13)c1ccccc1. The van der Waals surface area contributed by atoms with E-state index in [1.54, 1.807) is 17.1 Å². The van der Waals surface area contributed by atoms with Crippen molar-refractivity contribution in [1.82, 2.24) is 15.1 Å². The monoisotopic (exact) mass is 667 g/mol. The van der Waals surface area contributed by atoms with Crippen LogP contribution in [0.2, 0.25) is 0 Å². The maximum absolute atomic E-state index is 14.6. The van der Waals surface area contributed by atoms with Crippen molar-refractivity contribution in [3.8, 4) is 0 Å². The van der Waals surface area contributed by atoms with Crippen LogP contribution in [0.15, 0.2) is 55.6 Å². The van der Waals surface area contributed by atoms with Gasteiger partial charge in [0.2, 0.25) is 17.7 Å². The average Bonchev–Trinajstić information content (AvgIpc) is 3.68. The third-order valence-electron chi connectivity index (χ3n) is 9.95. The molecule has 2 N–H and O–H groups in total. The zero-order chi connectivity index (χ0) is 35.4. The zero-order valence-corrected chi connectivity index (χ0v) is 29.2. The number of aliphatic hydroxyl groups excluding tert-OH is 1. The number of likely N-dealkylation sites (tertiary alicyclic amines) is 1. The van der Waals surface area contributed by atoms with E-state index in [2.05, 4.69) is 18.5 Å². The molecule has 0 radical (unpaired) electrons. The van der Waals surface area contributed by atoms with Crippen LogP contribution < -0.4 is 5.32 Å². The second-order valence-corrected chi connectivity index (χ2v) is 14.4. The van der Waals surface area contributed by atoms with E-state index in [1.807, 2.05) is 65.0 Å². The predicted molar refractivity (Wildman–Crippen MR) is 180 cm³/mol. The van der Waals surface area contributed by atoms with Crippen LogP contribution in [-0.4, -0.2) is 101 Å². The molecule has 3 saturated heterocycles. The topological polar surface area (TPSA) is 135 Å². The zero-order valence-electron chi connectivity index (χ0n) is 29.2. The van der Waals surface area contributed by atoms with Gasteiger partial charge in [0.05, 0.1) is 43.2 Å². The first kappa shape index (κ1) is 37.3. The molecule has 1 spiro atoms. The Morgan fingerprint density at radius 2 is 1.88 bits per heavy atom. The number of hydrogen-bond acceptors (Lipinski definition) is 8. The standard InChI is InChI=1S/C37H53N3O8/c1-9-11-17-28(42)38-25(22-46-8)31(24-15-13-12-14-16-24)47-35(45)29-27-18-19-37(48-27)30(29)33(43)40(26(21-41)23(3)4)32(37)34(44)39(20-10-2)36(5,6)7/h9-10,12-16,23,25-27,29-32,41H,1-2,11,17-22H2,3-8H3,(H,38,42)/t25-,26+,27+,29-,30-,31-,32+,37-/m1/s1. The summed E-state index contributed by atoms with van der Waals surface area (Å²) in [6.45, 7) is 17.0. The average molecular weight is 668 g/mol. The Bertz CT molecular complexity index is 1340. The van der Waals surface area contributed by atoms with Gasteiger partial charge in [0, 0.05) is 25.6 Å². The van der Waals surface area contributed by atoms with E-state index < -0.39 is 65.2 Å². The highest BCUT2D eigenvalue weighted by molar-refractivity contribution is 5.98. The fourth-order valence-electron chi connectivity index (χ4n) is 7.71. The van der Waals surface area contributed by atoms with E-state index in [0.717, 1.165) is 0 Å². The van der Waals surface area contributed by atoms with Crippen LogP contribution in [-0.2, 0) is 33.4 Å². The Balaban J connectivity index is 1.75. The molecule has 1 aromatic carbocycles. The molecule has 11 nitrogen and oxygen atoms in total. The van der Waals surface area contributed by atoms with Crippen molar-refractivity contribution in [2.45, 2.75) is 102 Å². The highest BCUT2D eigenvalue weighted by atomic mass is 16.6. The molecule has 8 atom stereocenters. The van der Waals surface area contributed by atoms with Gasteiger partial charge in [-0.3, -0.25) is 19.2 Å². The van der Waals surface area contributed by atoms with Crippen LogP contribution in [0.25, 0.3) is 0 Å². The lowest BCUT2D eigenvalue weighted by atomic mass is 9.70. The van der Waals surface area contributed by atoms with Gasteiger partial charge in [-0.2, -0.15) is 0 Å². The molecule has 48 heavy (non-hydrogen) atoms. The number of hydrogen-bond donors (Lipinski definition) is 2. The Kier molecular flexibility index (Phi) is 11.9. The summed E-state index contributed by atoms with van der Waals surface area (Å²) in [4.78, 5) is 59.7. The first-order valence-corrected chi connectivity index (χ1v) is 16.9. The Morgan fingerprint density at radius 1 is 1.19 bits per heavy atom. The quantitative estimate of drug-likeness (QED) is 0.202. The Morgan fingerprint density at radius 3 is 2.44 bits per heavy atom. The summed E-state index contributed by atoms with van der Waals surface area (Å²) in [5.74, 6) is -3.77. The number of allylic oxidation sites excluding steroid dienone is 1. The predicted octanol–water partition coefficient (Wildman–Crippen LogP) is 3.57. The summed E-state index contributed by atoms with van der Waals surface area (Å²) in [5.41, 5.74) is -1.23. The van der Waals surface area contributed by atoms with E-state index in [-0.39, 0.29) is 43.9 Å². The van der Waals surface area contributed by atoms with Crippen molar-refractivity contribution < 1.29 is 38.5 Å². The number of carbonyl (C=O) groups excluding carboxylic acids is 4. The minimum Gasteiger partial charge on any atom is -0.455 e. The molecule has 3 amide bonds. The van der Waals surface area contributed by atoms with E-state index in [4.69, 9.17) is 14.2 Å². The first-order chi connectivity index (χ1) is 22.8. The summed E-state index contributed by atoms with van der Waals surface area (Å²) >= 11 is 0. The maximum atomic E-state index is 14.6. The molecule has 0 aromatic heterocycles. The molecule has 0 saturated carbocycles.